The van der Waals surface area contributed by atoms with E-state index in [2.05, 4.69) is 33.4 Å². The molecule has 3 nitrogen and oxygen atoms in total. The summed E-state index contributed by atoms with van der Waals surface area (Å²) in [5, 5.41) is 4.51. The van der Waals surface area contributed by atoms with Crippen LogP contribution in [0.1, 0.15) is 29.2 Å². The Morgan fingerprint density at radius 3 is 3.09 bits per heavy atom. The number of nitrogens with one attached hydrogen (secondary N) is 1. The summed E-state index contributed by atoms with van der Waals surface area (Å²) in [4.78, 5) is 0. The third-order valence-corrected chi connectivity index (χ3v) is 5.20. The first kappa shape index (κ1) is 14.4. The Labute approximate surface area is 142 Å². The van der Waals surface area contributed by atoms with E-state index in [0.29, 0.717) is 12.8 Å². The van der Waals surface area contributed by atoms with Crippen molar-refractivity contribution >= 4 is 27.5 Å². The van der Waals surface area contributed by atoms with E-state index >= 15 is 0 Å². The molecule has 1 aliphatic heterocycles. The number of benzene rings is 2. The van der Waals surface area contributed by atoms with Crippen LogP contribution in [-0.4, -0.2) is 6.79 Å². The Balaban J connectivity index is 1.51. The van der Waals surface area contributed by atoms with Crippen molar-refractivity contribution in [2.75, 3.05) is 6.79 Å². The second-order valence-corrected chi connectivity index (χ2v) is 6.85. The molecule has 5 heteroatoms. The van der Waals surface area contributed by atoms with Gasteiger partial charge < -0.3 is 14.8 Å². The van der Waals surface area contributed by atoms with Gasteiger partial charge in [-0.05, 0) is 63.7 Å². The summed E-state index contributed by atoms with van der Waals surface area (Å²) in [7, 11) is 0. The minimum absolute atomic E-state index is 0.291. The Bertz CT molecular complexity index is 735. The first-order chi connectivity index (χ1) is 10.7. The standard InChI is InChI=1S/C17H15BrClNO2/c18-13-6-10(7-16-17(13)22-9-21-16)8-20-15-5-4-11-12(15)2-1-3-14(11)19/h1-3,6-7,15,20H,4-5,8-9H2. The lowest BCUT2D eigenvalue weighted by Crippen LogP contribution is -2.18. The molecule has 1 N–H and O–H groups in total. The molecule has 2 aromatic rings. The van der Waals surface area contributed by atoms with Crippen molar-refractivity contribution in [3.63, 3.8) is 0 Å². The normalized spacial score (nSPS) is 18.5. The summed E-state index contributed by atoms with van der Waals surface area (Å²) in [6.45, 7) is 1.07. The average molecular weight is 381 g/mol. The van der Waals surface area contributed by atoms with Gasteiger partial charge in [-0.25, -0.2) is 0 Å². The van der Waals surface area contributed by atoms with E-state index in [0.717, 1.165) is 40.4 Å². The summed E-state index contributed by atoms with van der Waals surface area (Å²) in [5.41, 5.74) is 3.78. The lowest BCUT2D eigenvalue weighted by Gasteiger charge is -2.15. The lowest BCUT2D eigenvalue weighted by molar-refractivity contribution is 0.173. The smallest absolute Gasteiger partial charge is 0.231 e. The number of rotatable bonds is 3. The van der Waals surface area contributed by atoms with Crippen LogP contribution >= 0.6 is 27.5 Å². The maximum Gasteiger partial charge on any atom is 0.231 e. The summed E-state index contributed by atoms with van der Waals surface area (Å²) >= 11 is 9.81. The molecule has 0 aromatic heterocycles. The second kappa shape index (κ2) is 5.76. The summed E-state index contributed by atoms with van der Waals surface area (Å²) in [5.74, 6) is 1.60. The van der Waals surface area contributed by atoms with Crippen LogP contribution in [0.5, 0.6) is 11.5 Å². The Morgan fingerprint density at radius 2 is 2.18 bits per heavy atom. The highest BCUT2D eigenvalue weighted by molar-refractivity contribution is 9.10. The number of halogens is 2. The first-order valence-electron chi connectivity index (χ1n) is 7.31. The van der Waals surface area contributed by atoms with Crippen LogP contribution in [0.25, 0.3) is 0 Å². The van der Waals surface area contributed by atoms with Crippen LogP contribution in [0.4, 0.5) is 0 Å². The average Bonchev–Trinajstić information content (AvgIpc) is 3.12. The van der Waals surface area contributed by atoms with Gasteiger partial charge in [0.05, 0.1) is 4.47 Å². The molecule has 0 saturated carbocycles. The lowest BCUT2D eigenvalue weighted by atomic mass is 10.1. The molecular weight excluding hydrogens is 366 g/mol. The van der Waals surface area contributed by atoms with Crippen molar-refractivity contribution < 1.29 is 9.47 Å². The van der Waals surface area contributed by atoms with Gasteiger partial charge in [-0.1, -0.05) is 23.7 Å². The van der Waals surface area contributed by atoms with Gasteiger partial charge in [-0.2, -0.15) is 0 Å². The van der Waals surface area contributed by atoms with Gasteiger partial charge in [0, 0.05) is 17.6 Å². The minimum Gasteiger partial charge on any atom is -0.454 e. The molecular formula is C17H15BrClNO2. The molecule has 1 heterocycles. The van der Waals surface area contributed by atoms with Crippen molar-refractivity contribution in [1.29, 1.82) is 0 Å². The molecule has 0 radical (unpaired) electrons. The molecule has 2 aromatic carbocycles. The van der Waals surface area contributed by atoms with E-state index in [1.165, 1.54) is 16.7 Å². The van der Waals surface area contributed by atoms with Crippen LogP contribution in [0.15, 0.2) is 34.8 Å². The first-order valence-corrected chi connectivity index (χ1v) is 8.48. The van der Waals surface area contributed by atoms with E-state index in [4.69, 9.17) is 21.1 Å². The highest BCUT2D eigenvalue weighted by Crippen LogP contribution is 2.40. The van der Waals surface area contributed by atoms with Crippen molar-refractivity contribution in [3.8, 4) is 11.5 Å². The van der Waals surface area contributed by atoms with E-state index in [-0.39, 0.29) is 0 Å². The molecule has 0 saturated heterocycles. The molecule has 0 bridgehead atoms. The topological polar surface area (TPSA) is 30.5 Å². The van der Waals surface area contributed by atoms with Gasteiger partial charge in [0.15, 0.2) is 11.5 Å². The third-order valence-electron chi connectivity index (χ3n) is 4.25. The summed E-state index contributed by atoms with van der Waals surface area (Å²) in [6.07, 6.45) is 2.13. The highest BCUT2D eigenvalue weighted by atomic mass is 79.9. The van der Waals surface area contributed by atoms with Gasteiger partial charge in [0.25, 0.3) is 0 Å². The van der Waals surface area contributed by atoms with Gasteiger partial charge in [-0.15, -0.1) is 0 Å². The predicted molar refractivity (Wildman–Crippen MR) is 89.6 cm³/mol. The van der Waals surface area contributed by atoms with Gasteiger partial charge in [0.1, 0.15) is 0 Å². The van der Waals surface area contributed by atoms with Crippen LogP contribution in [0.2, 0.25) is 5.02 Å². The monoisotopic (exact) mass is 379 g/mol. The largest absolute Gasteiger partial charge is 0.454 e. The van der Waals surface area contributed by atoms with Crippen LogP contribution in [-0.2, 0) is 13.0 Å². The number of fused-ring (bicyclic) bond motifs is 2. The van der Waals surface area contributed by atoms with Gasteiger partial charge >= 0.3 is 0 Å². The molecule has 1 aliphatic carbocycles. The molecule has 4 rings (SSSR count). The zero-order valence-corrected chi connectivity index (χ0v) is 14.2. The second-order valence-electron chi connectivity index (χ2n) is 5.59. The molecule has 1 atom stereocenters. The highest BCUT2D eigenvalue weighted by Gasteiger charge is 2.24. The Kier molecular flexibility index (Phi) is 3.76. The van der Waals surface area contributed by atoms with Gasteiger partial charge in [0.2, 0.25) is 6.79 Å². The van der Waals surface area contributed by atoms with Crippen molar-refractivity contribution in [3.05, 3.63) is 56.5 Å². The fourth-order valence-corrected chi connectivity index (χ4v) is 4.07. The minimum atomic E-state index is 0.291. The molecule has 114 valence electrons. The predicted octanol–water partition coefficient (Wildman–Crippen LogP) is 4.61. The van der Waals surface area contributed by atoms with Crippen molar-refractivity contribution in [1.82, 2.24) is 5.32 Å². The maximum atomic E-state index is 6.27. The molecule has 0 amide bonds. The molecule has 0 spiro atoms. The quantitative estimate of drug-likeness (QED) is 0.843. The molecule has 1 unspecified atom stereocenters. The number of hydrogen-bond donors (Lipinski definition) is 1. The Hall–Kier alpha value is -1.23. The zero-order chi connectivity index (χ0) is 15.1. The summed E-state index contributed by atoms with van der Waals surface area (Å²) < 4.78 is 11.8. The van der Waals surface area contributed by atoms with E-state index in [1.54, 1.807) is 0 Å². The Morgan fingerprint density at radius 1 is 1.27 bits per heavy atom. The van der Waals surface area contributed by atoms with E-state index in [9.17, 15) is 0 Å². The van der Waals surface area contributed by atoms with Gasteiger partial charge in [-0.3, -0.25) is 0 Å². The number of ether oxygens (including phenoxy) is 2. The molecule has 2 aliphatic rings. The van der Waals surface area contributed by atoms with Crippen molar-refractivity contribution in [2.24, 2.45) is 0 Å². The maximum absolute atomic E-state index is 6.27. The summed E-state index contributed by atoms with van der Waals surface area (Å²) in [6, 6.07) is 10.6. The SMILES string of the molecule is Clc1cccc2c1CCC2NCc1cc(Br)c2c(c1)OCO2. The fraction of sp³-hybridized carbons (Fsp3) is 0.294. The van der Waals surface area contributed by atoms with Crippen LogP contribution in [0, 0.1) is 0 Å². The molecule has 22 heavy (non-hydrogen) atoms. The number of hydrogen-bond acceptors (Lipinski definition) is 3. The van der Waals surface area contributed by atoms with Crippen LogP contribution in [0.3, 0.4) is 0 Å². The molecule has 0 fully saturated rings. The zero-order valence-electron chi connectivity index (χ0n) is 11.9. The van der Waals surface area contributed by atoms with E-state index < -0.39 is 0 Å². The van der Waals surface area contributed by atoms with E-state index in [1.807, 2.05) is 18.2 Å². The van der Waals surface area contributed by atoms with Crippen LogP contribution < -0.4 is 14.8 Å². The third kappa shape index (κ3) is 2.49. The fourth-order valence-electron chi connectivity index (χ4n) is 3.19. The van der Waals surface area contributed by atoms with Crippen molar-refractivity contribution in [2.45, 2.75) is 25.4 Å².